The van der Waals surface area contributed by atoms with Gasteiger partial charge in [-0.3, -0.25) is 4.68 Å². The first kappa shape index (κ1) is 19.1. The SMILES string of the molecule is Fc1ccc(Cn2cc(Br)c(NC(=S)Nc3cccc(Cl)c3Cl)n2)cc1. The van der Waals surface area contributed by atoms with Crippen LogP contribution in [-0.2, 0) is 6.54 Å². The summed E-state index contributed by atoms with van der Waals surface area (Å²) in [6, 6.07) is 11.5. The molecule has 0 aliphatic rings. The van der Waals surface area contributed by atoms with Crippen LogP contribution in [0.2, 0.25) is 10.0 Å². The lowest BCUT2D eigenvalue weighted by atomic mass is 10.2. The van der Waals surface area contributed by atoms with Gasteiger partial charge in [0.25, 0.3) is 0 Å². The summed E-state index contributed by atoms with van der Waals surface area (Å²) in [5, 5.41) is 11.6. The number of nitrogens with zero attached hydrogens (tertiary/aromatic N) is 2. The third-order valence-corrected chi connectivity index (χ3v) is 5.01. The van der Waals surface area contributed by atoms with Crippen molar-refractivity contribution in [2.75, 3.05) is 10.6 Å². The molecular weight excluding hydrogens is 462 g/mol. The summed E-state index contributed by atoms with van der Waals surface area (Å²) >= 11 is 20.9. The van der Waals surface area contributed by atoms with Gasteiger partial charge in [0.1, 0.15) is 5.82 Å². The van der Waals surface area contributed by atoms with Crippen LogP contribution in [0.1, 0.15) is 5.56 Å². The average molecular weight is 474 g/mol. The predicted molar refractivity (Wildman–Crippen MR) is 112 cm³/mol. The minimum Gasteiger partial charge on any atom is -0.331 e. The average Bonchev–Trinajstić information content (AvgIpc) is 2.93. The van der Waals surface area contributed by atoms with Gasteiger partial charge in [-0.2, -0.15) is 5.10 Å². The van der Waals surface area contributed by atoms with Gasteiger partial charge in [-0.25, -0.2) is 4.39 Å². The van der Waals surface area contributed by atoms with E-state index in [0.717, 1.165) is 10.0 Å². The molecule has 2 N–H and O–H groups in total. The summed E-state index contributed by atoms with van der Waals surface area (Å²) in [6.45, 7) is 0.501. The van der Waals surface area contributed by atoms with Crippen LogP contribution >= 0.6 is 51.3 Å². The predicted octanol–water partition coefficient (Wildman–Crippen LogP) is 5.95. The molecule has 26 heavy (non-hydrogen) atoms. The Kier molecular flexibility index (Phi) is 6.13. The highest BCUT2D eigenvalue weighted by molar-refractivity contribution is 9.10. The second-order valence-corrected chi connectivity index (χ2v) is 7.38. The molecule has 0 amide bonds. The van der Waals surface area contributed by atoms with Crippen molar-refractivity contribution >= 4 is 68.0 Å². The van der Waals surface area contributed by atoms with Crippen molar-refractivity contribution < 1.29 is 4.39 Å². The Morgan fingerprint density at radius 3 is 2.62 bits per heavy atom. The molecule has 134 valence electrons. The Bertz CT molecular complexity index is 946. The minimum absolute atomic E-state index is 0.270. The zero-order valence-electron chi connectivity index (χ0n) is 13.1. The lowest BCUT2D eigenvalue weighted by Crippen LogP contribution is -2.20. The number of nitrogens with one attached hydrogen (secondary N) is 2. The van der Waals surface area contributed by atoms with E-state index >= 15 is 0 Å². The molecule has 0 unspecified atom stereocenters. The monoisotopic (exact) mass is 472 g/mol. The third kappa shape index (κ3) is 4.73. The molecule has 0 aliphatic heterocycles. The number of anilines is 2. The van der Waals surface area contributed by atoms with Crippen LogP contribution in [0, 0.1) is 5.82 Å². The Hall–Kier alpha value is -1.67. The molecule has 0 radical (unpaired) electrons. The fourth-order valence-corrected chi connectivity index (χ4v) is 3.17. The Balaban J connectivity index is 1.68. The molecule has 0 saturated carbocycles. The number of halogens is 4. The third-order valence-electron chi connectivity index (χ3n) is 3.41. The fraction of sp³-hybridized carbons (Fsp3) is 0.0588. The van der Waals surface area contributed by atoms with Crippen LogP contribution in [0.25, 0.3) is 0 Å². The van der Waals surface area contributed by atoms with Crippen LogP contribution < -0.4 is 10.6 Å². The second-order valence-electron chi connectivity index (χ2n) is 5.33. The first-order valence-electron chi connectivity index (χ1n) is 7.42. The standard InChI is InChI=1S/C17H12BrCl2FN4S/c18-12-9-25(8-10-4-6-11(21)7-5-10)24-16(12)23-17(26)22-14-3-1-2-13(19)15(14)20/h1-7,9H,8H2,(H2,22,23,24,26). The maximum absolute atomic E-state index is 13.0. The van der Waals surface area contributed by atoms with Gasteiger partial charge in [0.05, 0.1) is 26.8 Å². The molecule has 2 aromatic carbocycles. The van der Waals surface area contributed by atoms with Gasteiger partial charge in [0.15, 0.2) is 10.9 Å². The highest BCUT2D eigenvalue weighted by Crippen LogP contribution is 2.30. The molecule has 1 heterocycles. The fourth-order valence-electron chi connectivity index (χ4n) is 2.20. The smallest absolute Gasteiger partial charge is 0.176 e. The summed E-state index contributed by atoms with van der Waals surface area (Å²) in [6.07, 6.45) is 1.81. The first-order chi connectivity index (χ1) is 12.4. The molecule has 0 bridgehead atoms. The molecule has 9 heteroatoms. The number of rotatable bonds is 4. The lowest BCUT2D eigenvalue weighted by molar-refractivity contribution is 0.624. The molecule has 3 aromatic rings. The van der Waals surface area contributed by atoms with Gasteiger partial charge < -0.3 is 10.6 Å². The van der Waals surface area contributed by atoms with Crippen LogP contribution in [0.3, 0.4) is 0 Å². The quantitative estimate of drug-likeness (QED) is 0.459. The molecule has 0 spiro atoms. The van der Waals surface area contributed by atoms with Crippen LogP contribution in [0.15, 0.2) is 53.1 Å². The number of thiocarbonyl (C=S) groups is 1. The maximum atomic E-state index is 13.0. The van der Waals surface area contributed by atoms with Crippen molar-refractivity contribution in [1.29, 1.82) is 0 Å². The first-order valence-corrected chi connectivity index (χ1v) is 9.37. The molecule has 1 aromatic heterocycles. The molecule has 0 aliphatic carbocycles. The van der Waals surface area contributed by atoms with Gasteiger partial charge in [-0.15, -0.1) is 0 Å². The maximum Gasteiger partial charge on any atom is 0.176 e. The summed E-state index contributed by atoms with van der Waals surface area (Å²) in [5.41, 5.74) is 1.53. The Morgan fingerprint density at radius 2 is 1.88 bits per heavy atom. The van der Waals surface area contributed by atoms with E-state index in [0.29, 0.717) is 33.2 Å². The summed E-state index contributed by atoms with van der Waals surface area (Å²) in [4.78, 5) is 0. The lowest BCUT2D eigenvalue weighted by Gasteiger charge is -2.11. The second kappa shape index (κ2) is 8.35. The van der Waals surface area contributed by atoms with Crippen LogP contribution in [0.5, 0.6) is 0 Å². The molecule has 0 atom stereocenters. The summed E-state index contributed by atoms with van der Waals surface area (Å²) < 4.78 is 15.4. The topological polar surface area (TPSA) is 41.9 Å². The zero-order valence-corrected chi connectivity index (χ0v) is 17.1. The van der Waals surface area contributed by atoms with Crippen molar-refractivity contribution in [2.45, 2.75) is 6.54 Å². The highest BCUT2D eigenvalue weighted by atomic mass is 79.9. The van der Waals surface area contributed by atoms with E-state index in [1.54, 1.807) is 41.2 Å². The summed E-state index contributed by atoms with van der Waals surface area (Å²) in [7, 11) is 0. The van der Waals surface area contributed by atoms with Gasteiger partial charge >= 0.3 is 0 Å². The van der Waals surface area contributed by atoms with E-state index in [1.807, 2.05) is 0 Å². The number of hydrogen-bond donors (Lipinski definition) is 2. The Morgan fingerprint density at radius 1 is 1.15 bits per heavy atom. The molecule has 0 fully saturated rings. The number of aromatic nitrogens is 2. The van der Waals surface area contributed by atoms with Crippen molar-refractivity contribution in [3.8, 4) is 0 Å². The number of benzene rings is 2. The largest absolute Gasteiger partial charge is 0.331 e. The highest BCUT2D eigenvalue weighted by Gasteiger charge is 2.11. The molecular formula is C17H12BrCl2FN4S. The normalized spacial score (nSPS) is 10.6. The van der Waals surface area contributed by atoms with E-state index in [-0.39, 0.29) is 5.82 Å². The van der Waals surface area contributed by atoms with Gasteiger partial charge in [0, 0.05) is 6.20 Å². The van der Waals surface area contributed by atoms with Crippen LogP contribution in [-0.4, -0.2) is 14.9 Å². The van der Waals surface area contributed by atoms with Gasteiger partial charge in [-0.1, -0.05) is 41.4 Å². The molecule has 0 saturated heterocycles. The number of hydrogen-bond acceptors (Lipinski definition) is 2. The van der Waals surface area contributed by atoms with Crippen LogP contribution in [0.4, 0.5) is 15.9 Å². The van der Waals surface area contributed by atoms with Gasteiger partial charge in [0.2, 0.25) is 0 Å². The Labute approximate surface area is 173 Å². The van der Waals surface area contributed by atoms with Crippen molar-refractivity contribution in [1.82, 2.24) is 9.78 Å². The van der Waals surface area contributed by atoms with Gasteiger partial charge in [-0.05, 0) is 58.0 Å². The summed E-state index contributed by atoms with van der Waals surface area (Å²) in [5.74, 6) is 0.275. The van der Waals surface area contributed by atoms with Crippen molar-refractivity contribution in [2.24, 2.45) is 0 Å². The van der Waals surface area contributed by atoms with E-state index in [4.69, 9.17) is 35.4 Å². The van der Waals surface area contributed by atoms with E-state index in [2.05, 4.69) is 31.7 Å². The molecule has 4 nitrogen and oxygen atoms in total. The zero-order chi connectivity index (χ0) is 18.7. The molecule has 3 rings (SSSR count). The van der Waals surface area contributed by atoms with Crippen molar-refractivity contribution in [3.63, 3.8) is 0 Å². The van der Waals surface area contributed by atoms with E-state index < -0.39 is 0 Å². The van der Waals surface area contributed by atoms with E-state index in [1.165, 1.54) is 12.1 Å². The van der Waals surface area contributed by atoms with Crippen molar-refractivity contribution in [3.05, 3.63) is 74.6 Å². The van der Waals surface area contributed by atoms with E-state index in [9.17, 15) is 4.39 Å². The minimum atomic E-state index is -0.270.